The van der Waals surface area contributed by atoms with Gasteiger partial charge in [-0.05, 0) is 25.7 Å². The molecule has 2 rings (SSSR count). The third kappa shape index (κ3) is 2.06. The van der Waals surface area contributed by atoms with Crippen LogP contribution in [0.15, 0.2) is 10.9 Å². The number of carbonyl (C=O) groups excluding carboxylic acids is 1. The molecule has 1 aliphatic rings. The maximum absolute atomic E-state index is 11.5. The Balaban J connectivity index is 1.91. The van der Waals surface area contributed by atoms with Crippen LogP contribution in [-0.4, -0.2) is 16.9 Å². The van der Waals surface area contributed by atoms with E-state index in [2.05, 4.69) is 17.2 Å². The minimum absolute atomic E-state index is 0.0411. The highest BCUT2D eigenvalue weighted by Gasteiger charge is 2.29. The van der Waals surface area contributed by atoms with Gasteiger partial charge in [0, 0.05) is 11.4 Å². The predicted octanol–water partition coefficient (Wildman–Crippen LogP) is 1.67. The first-order valence-corrected chi connectivity index (χ1v) is 5.40. The van der Waals surface area contributed by atoms with Crippen molar-refractivity contribution in [2.75, 3.05) is 0 Å². The molecule has 1 fully saturated rings. The van der Waals surface area contributed by atoms with Crippen LogP contribution in [0.3, 0.4) is 0 Å². The first kappa shape index (κ1) is 8.69. The monoisotopic (exact) mass is 196 g/mol. The smallest absolute Gasteiger partial charge is 0.270 e. The summed E-state index contributed by atoms with van der Waals surface area (Å²) < 4.78 is 0. The van der Waals surface area contributed by atoms with E-state index < -0.39 is 0 Å². The van der Waals surface area contributed by atoms with Crippen LogP contribution < -0.4 is 5.32 Å². The quantitative estimate of drug-likeness (QED) is 0.799. The average Bonchev–Trinajstić information content (AvgIpc) is 2.81. The van der Waals surface area contributed by atoms with Crippen molar-refractivity contribution in [1.29, 1.82) is 0 Å². The van der Waals surface area contributed by atoms with Gasteiger partial charge in [-0.25, -0.2) is 4.98 Å². The molecule has 0 saturated heterocycles. The van der Waals surface area contributed by atoms with Gasteiger partial charge >= 0.3 is 0 Å². The van der Waals surface area contributed by atoms with Gasteiger partial charge < -0.3 is 5.32 Å². The van der Waals surface area contributed by atoms with E-state index in [1.807, 2.05) is 0 Å². The van der Waals surface area contributed by atoms with Gasteiger partial charge in [0.1, 0.15) is 5.69 Å². The lowest BCUT2D eigenvalue weighted by molar-refractivity contribution is 0.0931. The SMILES string of the molecule is CC(NC(=O)c1cscn1)C1CC1. The van der Waals surface area contributed by atoms with E-state index in [4.69, 9.17) is 0 Å². The van der Waals surface area contributed by atoms with E-state index in [1.165, 1.54) is 24.2 Å². The highest BCUT2D eigenvalue weighted by molar-refractivity contribution is 7.07. The maximum Gasteiger partial charge on any atom is 0.270 e. The Kier molecular flexibility index (Phi) is 2.31. The second kappa shape index (κ2) is 3.46. The lowest BCUT2D eigenvalue weighted by Crippen LogP contribution is -2.34. The van der Waals surface area contributed by atoms with Gasteiger partial charge in [0.25, 0.3) is 5.91 Å². The zero-order valence-electron chi connectivity index (χ0n) is 7.49. The number of hydrogen-bond donors (Lipinski definition) is 1. The summed E-state index contributed by atoms with van der Waals surface area (Å²) in [4.78, 5) is 15.4. The number of carbonyl (C=O) groups is 1. The van der Waals surface area contributed by atoms with Crippen LogP contribution in [0.1, 0.15) is 30.3 Å². The topological polar surface area (TPSA) is 42.0 Å². The van der Waals surface area contributed by atoms with Crippen LogP contribution in [0.25, 0.3) is 0 Å². The molecule has 1 aliphatic carbocycles. The summed E-state index contributed by atoms with van der Waals surface area (Å²) in [7, 11) is 0. The Labute approximate surface area is 81.2 Å². The molecule has 0 radical (unpaired) electrons. The standard InChI is InChI=1S/C9H12N2OS/c1-6(7-2-3-7)11-9(12)8-4-13-5-10-8/h4-7H,2-3H2,1H3,(H,11,12). The van der Waals surface area contributed by atoms with Gasteiger partial charge in [0.05, 0.1) is 5.51 Å². The molecule has 1 saturated carbocycles. The number of aromatic nitrogens is 1. The van der Waals surface area contributed by atoms with Gasteiger partial charge in [-0.1, -0.05) is 0 Å². The highest BCUT2D eigenvalue weighted by atomic mass is 32.1. The average molecular weight is 196 g/mol. The van der Waals surface area contributed by atoms with Crippen molar-refractivity contribution in [1.82, 2.24) is 10.3 Å². The van der Waals surface area contributed by atoms with Gasteiger partial charge in [0.15, 0.2) is 0 Å². The Morgan fingerprint density at radius 1 is 1.77 bits per heavy atom. The zero-order chi connectivity index (χ0) is 9.26. The predicted molar refractivity (Wildman–Crippen MR) is 51.8 cm³/mol. The number of nitrogens with one attached hydrogen (secondary N) is 1. The Hall–Kier alpha value is -0.900. The van der Waals surface area contributed by atoms with E-state index >= 15 is 0 Å². The van der Waals surface area contributed by atoms with E-state index in [9.17, 15) is 4.79 Å². The van der Waals surface area contributed by atoms with Crippen LogP contribution in [0.2, 0.25) is 0 Å². The molecule has 13 heavy (non-hydrogen) atoms. The summed E-state index contributed by atoms with van der Waals surface area (Å²) in [5, 5.41) is 4.72. The van der Waals surface area contributed by atoms with E-state index in [1.54, 1.807) is 10.9 Å². The number of hydrogen-bond acceptors (Lipinski definition) is 3. The van der Waals surface area contributed by atoms with Crippen LogP contribution in [0, 0.1) is 5.92 Å². The third-order valence-electron chi connectivity index (χ3n) is 2.35. The minimum atomic E-state index is -0.0411. The van der Waals surface area contributed by atoms with Crippen molar-refractivity contribution in [3.63, 3.8) is 0 Å². The molecule has 1 aromatic heterocycles. The molecule has 1 amide bonds. The largest absolute Gasteiger partial charge is 0.348 e. The number of nitrogens with zero attached hydrogens (tertiary/aromatic N) is 1. The van der Waals surface area contributed by atoms with E-state index in [-0.39, 0.29) is 5.91 Å². The van der Waals surface area contributed by atoms with Gasteiger partial charge in [-0.2, -0.15) is 0 Å². The third-order valence-corrected chi connectivity index (χ3v) is 2.94. The summed E-state index contributed by atoms with van der Waals surface area (Å²) in [6.45, 7) is 2.06. The molecule has 0 bridgehead atoms. The Bertz CT molecular complexity index is 293. The zero-order valence-corrected chi connectivity index (χ0v) is 8.30. The summed E-state index contributed by atoms with van der Waals surface area (Å²) in [5.74, 6) is 0.656. The Morgan fingerprint density at radius 3 is 3.08 bits per heavy atom. The fraction of sp³-hybridized carbons (Fsp3) is 0.556. The highest BCUT2D eigenvalue weighted by Crippen LogP contribution is 2.32. The van der Waals surface area contributed by atoms with Crippen LogP contribution in [-0.2, 0) is 0 Å². The van der Waals surface area contributed by atoms with Gasteiger partial charge in [-0.15, -0.1) is 11.3 Å². The second-order valence-corrected chi connectivity index (χ2v) is 4.19. The Morgan fingerprint density at radius 2 is 2.54 bits per heavy atom. The molecular formula is C9H12N2OS. The first-order chi connectivity index (χ1) is 6.27. The van der Waals surface area contributed by atoms with E-state index in [0.717, 1.165) is 0 Å². The summed E-state index contributed by atoms with van der Waals surface area (Å²) in [6.07, 6.45) is 2.50. The summed E-state index contributed by atoms with van der Waals surface area (Å²) >= 11 is 1.45. The normalized spacial score (nSPS) is 18.2. The second-order valence-electron chi connectivity index (χ2n) is 3.47. The van der Waals surface area contributed by atoms with Gasteiger partial charge in [0.2, 0.25) is 0 Å². The molecule has 0 aromatic carbocycles. The number of rotatable bonds is 3. The fourth-order valence-corrected chi connectivity index (χ4v) is 1.85. The van der Waals surface area contributed by atoms with Crippen molar-refractivity contribution in [2.24, 2.45) is 5.92 Å². The lowest BCUT2D eigenvalue weighted by Gasteiger charge is -2.10. The first-order valence-electron chi connectivity index (χ1n) is 4.46. The van der Waals surface area contributed by atoms with Crippen LogP contribution in [0.4, 0.5) is 0 Å². The van der Waals surface area contributed by atoms with Crippen molar-refractivity contribution in [2.45, 2.75) is 25.8 Å². The molecule has 1 atom stereocenters. The molecule has 4 heteroatoms. The molecule has 1 aromatic rings. The van der Waals surface area contributed by atoms with Crippen molar-refractivity contribution in [3.05, 3.63) is 16.6 Å². The van der Waals surface area contributed by atoms with Crippen molar-refractivity contribution >= 4 is 17.2 Å². The van der Waals surface area contributed by atoms with Crippen LogP contribution >= 0.6 is 11.3 Å². The van der Waals surface area contributed by atoms with Gasteiger partial charge in [-0.3, -0.25) is 4.79 Å². The summed E-state index contributed by atoms with van der Waals surface area (Å²) in [6, 6.07) is 0.300. The molecule has 70 valence electrons. The number of thiazole rings is 1. The molecule has 1 heterocycles. The molecule has 1 N–H and O–H groups in total. The van der Waals surface area contributed by atoms with Crippen molar-refractivity contribution < 1.29 is 4.79 Å². The maximum atomic E-state index is 11.5. The fourth-order valence-electron chi connectivity index (χ4n) is 1.32. The lowest BCUT2D eigenvalue weighted by atomic mass is 10.2. The van der Waals surface area contributed by atoms with Crippen molar-refractivity contribution in [3.8, 4) is 0 Å². The minimum Gasteiger partial charge on any atom is -0.348 e. The molecule has 1 unspecified atom stereocenters. The number of amides is 1. The molecule has 0 spiro atoms. The molecule has 0 aliphatic heterocycles. The van der Waals surface area contributed by atoms with E-state index in [0.29, 0.717) is 17.7 Å². The summed E-state index contributed by atoms with van der Waals surface area (Å²) in [5.41, 5.74) is 2.22. The van der Waals surface area contributed by atoms with Crippen LogP contribution in [0.5, 0.6) is 0 Å². The molecule has 3 nitrogen and oxygen atoms in total. The molecular weight excluding hydrogens is 184 g/mol.